The molecule has 28 heavy (non-hydrogen) atoms. The standard InChI is InChI=1S/C21H26N2O3S2/c1-3-25-15-12-10-14(11-13-15)22-21(27)23-19-18(20(24)26-4-2)16-8-6-5-7-9-17(16)28-19/h10-13H,3-9H2,1-2H3,(H2,22,23,27). The molecule has 1 aromatic heterocycles. The molecular formula is C21H26N2O3S2. The van der Waals surface area contributed by atoms with E-state index in [-0.39, 0.29) is 5.97 Å². The quantitative estimate of drug-likeness (QED) is 0.372. The number of aryl methyl sites for hydroxylation is 1. The summed E-state index contributed by atoms with van der Waals surface area (Å²) in [6, 6.07) is 7.61. The van der Waals surface area contributed by atoms with Gasteiger partial charge >= 0.3 is 5.97 Å². The van der Waals surface area contributed by atoms with Gasteiger partial charge in [-0.3, -0.25) is 0 Å². The van der Waals surface area contributed by atoms with Crippen LogP contribution in [0.1, 0.15) is 53.9 Å². The van der Waals surface area contributed by atoms with Crippen molar-refractivity contribution in [3.8, 4) is 5.75 Å². The van der Waals surface area contributed by atoms with Crippen molar-refractivity contribution in [3.63, 3.8) is 0 Å². The number of thiophene rings is 1. The van der Waals surface area contributed by atoms with Crippen LogP contribution in [0.15, 0.2) is 24.3 Å². The van der Waals surface area contributed by atoms with Gasteiger partial charge < -0.3 is 20.1 Å². The van der Waals surface area contributed by atoms with Crippen LogP contribution < -0.4 is 15.4 Å². The van der Waals surface area contributed by atoms with E-state index in [4.69, 9.17) is 21.7 Å². The predicted octanol–water partition coefficient (Wildman–Crippen LogP) is 5.40. The van der Waals surface area contributed by atoms with Crippen LogP contribution in [-0.2, 0) is 17.6 Å². The number of ether oxygens (including phenoxy) is 2. The van der Waals surface area contributed by atoms with Gasteiger partial charge in [0, 0.05) is 10.6 Å². The molecule has 150 valence electrons. The second kappa shape index (κ2) is 9.89. The van der Waals surface area contributed by atoms with Gasteiger partial charge in [-0.05, 0) is 81.6 Å². The predicted molar refractivity (Wildman–Crippen MR) is 119 cm³/mol. The SMILES string of the molecule is CCOC(=O)c1c(NC(=S)Nc2ccc(OCC)cc2)sc2c1CCCCC2. The summed E-state index contributed by atoms with van der Waals surface area (Å²) in [5, 5.41) is 7.61. The van der Waals surface area contributed by atoms with E-state index in [1.807, 2.05) is 38.1 Å². The fraction of sp³-hybridized carbons (Fsp3) is 0.429. The molecule has 3 rings (SSSR count). The highest BCUT2D eigenvalue weighted by atomic mass is 32.1. The number of fused-ring (bicyclic) bond motifs is 1. The summed E-state index contributed by atoms with van der Waals surface area (Å²) in [7, 11) is 0. The first-order chi connectivity index (χ1) is 13.6. The lowest BCUT2D eigenvalue weighted by Gasteiger charge is -2.12. The fourth-order valence-electron chi connectivity index (χ4n) is 3.32. The topological polar surface area (TPSA) is 59.6 Å². The van der Waals surface area contributed by atoms with Crippen molar-refractivity contribution in [2.75, 3.05) is 23.8 Å². The van der Waals surface area contributed by atoms with Crippen molar-refractivity contribution in [2.45, 2.75) is 46.0 Å². The van der Waals surface area contributed by atoms with Crippen LogP contribution in [-0.4, -0.2) is 24.3 Å². The van der Waals surface area contributed by atoms with Gasteiger partial charge in [-0.1, -0.05) is 6.42 Å². The normalized spacial score (nSPS) is 13.2. The molecule has 0 unspecified atom stereocenters. The van der Waals surface area contributed by atoms with E-state index in [2.05, 4.69) is 10.6 Å². The summed E-state index contributed by atoms with van der Waals surface area (Å²) in [5.74, 6) is 0.548. The van der Waals surface area contributed by atoms with Crippen LogP contribution >= 0.6 is 23.6 Å². The number of anilines is 2. The van der Waals surface area contributed by atoms with Crippen LogP contribution in [0.5, 0.6) is 5.75 Å². The zero-order valence-electron chi connectivity index (χ0n) is 16.3. The zero-order chi connectivity index (χ0) is 19.9. The molecule has 0 amide bonds. The van der Waals surface area contributed by atoms with Crippen molar-refractivity contribution in [1.82, 2.24) is 0 Å². The second-order valence-electron chi connectivity index (χ2n) is 6.53. The summed E-state index contributed by atoms with van der Waals surface area (Å²) in [6.07, 6.45) is 5.38. The molecule has 1 aliphatic rings. The second-order valence-corrected chi connectivity index (χ2v) is 8.04. The van der Waals surface area contributed by atoms with Gasteiger partial charge in [0.1, 0.15) is 10.8 Å². The number of hydrogen-bond acceptors (Lipinski definition) is 5. The molecule has 0 bridgehead atoms. The first-order valence-electron chi connectivity index (χ1n) is 9.74. The van der Waals surface area contributed by atoms with Crippen molar-refractivity contribution in [2.24, 2.45) is 0 Å². The highest BCUT2D eigenvalue weighted by Crippen LogP contribution is 2.38. The van der Waals surface area contributed by atoms with Crippen LogP contribution in [0, 0.1) is 0 Å². The monoisotopic (exact) mass is 418 g/mol. The van der Waals surface area contributed by atoms with E-state index >= 15 is 0 Å². The maximum absolute atomic E-state index is 12.6. The third-order valence-electron chi connectivity index (χ3n) is 4.55. The van der Waals surface area contributed by atoms with Crippen LogP contribution in [0.4, 0.5) is 10.7 Å². The molecule has 0 saturated heterocycles. The van der Waals surface area contributed by atoms with Gasteiger partial charge in [0.25, 0.3) is 0 Å². The molecule has 1 heterocycles. The summed E-state index contributed by atoms with van der Waals surface area (Å²) < 4.78 is 10.8. The van der Waals surface area contributed by atoms with Crippen molar-refractivity contribution in [1.29, 1.82) is 0 Å². The number of rotatable bonds is 6. The Bertz CT molecular complexity index is 831. The number of esters is 1. The van der Waals surface area contributed by atoms with Gasteiger partial charge in [0.15, 0.2) is 5.11 Å². The average Bonchev–Trinajstić information content (AvgIpc) is 2.84. The lowest BCUT2D eigenvalue weighted by molar-refractivity contribution is 0.0527. The first-order valence-corrected chi connectivity index (χ1v) is 11.0. The highest BCUT2D eigenvalue weighted by molar-refractivity contribution is 7.80. The molecule has 1 aromatic carbocycles. The Balaban J connectivity index is 1.76. The van der Waals surface area contributed by atoms with Crippen molar-refractivity contribution in [3.05, 3.63) is 40.3 Å². The smallest absolute Gasteiger partial charge is 0.341 e. The average molecular weight is 419 g/mol. The number of carbonyl (C=O) groups excluding carboxylic acids is 1. The molecule has 0 saturated carbocycles. The molecule has 0 fully saturated rings. The summed E-state index contributed by atoms with van der Waals surface area (Å²) in [4.78, 5) is 13.9. The summed E-state index contributed by atoms with van der Waals surface area (Å²) in [5.41, 5.74) is 2.64. The van der Waals surface area contributed by atoms with Crippen LogP contribution in [0.3, 0.4) is 0 Å². The maximum atomic E-state index is 12.6. The first kappa shape index (κ1) is 20.6. The zero-order valence-corrected chi connectivity index (χ0v) is 17.9. The molecule has 1 aliphatic carbocycles. The third kappa shape index (κ3) is 5.02. The largest absolute Gasteiger partial charge is 0.494 e. The Morgan fingerprint density at radius 1 is 1.07 bits per heavy atom. The highest BCUT2D eigenvalue weighted by Gasteiger charge is 2.26. The fourth-order valence-corrected chi connectivity index (χ4v) is 4.88. The van der Waals surface area contributed by atoms with Crippen LogP contribution in [0.25, 0.3) is 0 Å². The molecule has 7 heteroatoms. The Morgan fingerprint density at radius 2 is 1.82 bits per heavy atom. The molecule has 5 nitrogen and oxygen atoms in total. The molecule has 2 N–H and O–H groups in total. The Morgan fingerprint density at radius 3 is 2.54 bits per heavy atom. The van der Waals surface area contributed by atoms with E-state index in [1.165, 1.54) is 11.3 Å². The third-order valence-corrected chi connectivity index (χ3v) is 5.96. The molecule has 0 radical (unpaired) electrons. The molecule has 0 aliphatic heterocycles. The minimum atomic E-state index is -0.270. The van der Waals surface area contributed by atoms with Gasteiger partial charge in [-0.2, -0.15) is 0 Å². The summed E-state index contributed by atoms with van der Waals surface area (Å²) in [6.45, 7) is 4.77. The molecule has 2 aromatic rings. The number of carbonyl (C=O) groups is 1. The van der Waals surface area contributed by atoms with Gasteiger partial charge in [0.2, 0.25) is 0 Å². The number of benzene rings is 1. The van der Waals surface area contributed by atoms with Crippen molar-refractivity contribution >= 4 is 45.3 Å². The van der Waals surface area contributed by atoms with Crippen LogP contribution in [0.2, 0.25) is 0 Å². The maximum Gasteiger partial charge on any atom is 0.341 e. The number of hydrogen-bond donors (Lipinski definition) is 2. The summed E-state index contributed by atoms with van der Waals surface area (Å²) >= 11 is 7.10. The Labute approximate surface area is 175 Å². The lowest BCUT2D eigenvalue weighted by atomic mass is 10.1. The molecule has 0 atom stereocenters. The van der Waals surface area contributed by atoms with Crippen molar-refractivity contribution < 1.29 is 14.3 Å². The van der Waals surface area contributed by atoms with E-state index in [9.17, 15) is 4.79 Å². The molecule has 0 spiro atoms. The van der Waals surface area contributed by atoms with E-state index < -0.39 is 0 Å². The van der Waals surface area contributed by atoms with Gasteiger partial charge in [-0.25, -0.2) is 4.79 Å². The van der Waals surface area contributed by atoms with Gasteiger partial charge in [-0.15, -0.1) is 11.3 Å². The van der Waals surface area contributed by atoms with E-state index in [1.54, 1.807) is 11.3 Å². The number of nitrogens with one attached hydrogen (secondary N) is 2. The van der Waals surface area contributed by atoms with E-state index in [0.29, 0.717) is 23.9 Å². The molecular weight excluding hydrogens is 392 g/mol. The minimum Gasteiger partial charge on any atom is -0.494 e. The Kier molecular flexibility index (Phi) is 7.28. The number of thiocarbonyl (C=S) groups is 1. The Hall–Kier alpha value is -2.12. The van der Waals surface area contributed by atoms with E-state index in [0.717, 1.165) is 47.7 Å². The van der Waals surface area contributed by atoms with Gasteiger partial charge in [0.05, 0.1) is 18.8 Å². The minimum absolute atomic E-state index is 0.270. The lowest BCUT2D eigenvalue weighted by Crippen LogP contribution is -2.20.